The van der Waals surface area contributed by atoms with Crippen LogP contribution in [0.15, 0.2) is 59.8 Å². The number of allylic oxidation sites excluding steroid dienone is 4. The number of anilines is 1. The van der Waals surface area contributed by atoms with E-state index in [1.54, 1.807) is 10.7 Å². The number of hydrogen-bond donors (Lipinski definition) is 3. The third-order valence-electron chi connectivity index (χ3n) is 8.79. The van der Waals surface area contributed by atoms with Crippen molar-refractivity contribution < 1.29 is 23.1 Å². The summed E-state index contributed by atoms with van der Waals surface area (Å²) in [4.78, 5) is 20.5. The van der Waals surface area contributed by atoms with Crippen molar-refractivity contribution in [2.75, 3.05) is 44.6 Å². The van der Waals surface area contributed by atoms with Gasteiger partial charge in [0.25, 0.3) is 0 Å². The molecule has 3 N–H and O–H groups in total. The number of halogens is 3. The Morgan fingerprint density at radius 1 is 1.14 bits per heavy atom. The van der Waals surface area contributed by atoms with E-state index in [2.05, 4.69) is 20.6 Å². The third-order valence-corrected chi connectivity index (χ3v) is 8.79. The van der Waals surface area contributed by atoms with Crippen LogP contribution in [0.1, 0.15) is 50.5 Å². The summed E-state index contributed by atoms with van der Waals surface area (Å²) in [5.74, 6) is 0.227. The molecule has 12 heteroatoms. The van der Waals surface area contributed by atoms with Gasteiger partial charge in [-0.3, -0.25) is 4.79 Å². The monoisotopic (exact) mass is 583 g/mol. The topological polar surface area (TPSA) is 98.0 Å². The lowest BCUT2D eigenvalue weighted by Gasteiger charge is -2.46. The fourth-order valence-corrected chi connectivity index (χ4v) is 6.48. The number of rotatable bonds is 6. The van der Waals surface area contributed by atoms with E-state index in [0.717, 1.165) is 67.8 Å². The Morgan fingerprint density at radius 2 is 1.98 bits per heavy atom. The molecule has 1 amide bonds. The summed E-state index contributed by atoms with van der Waals surface area (Å²) >= 11 is 0. The number of nitrogens with one attached hydrogen (secondary N) is 2. The lowest BCUT2D eigenvalue weighted by atomic mass is 9.73. The number of piperidine rings is 2. The van der Waals surface area contributed by atoms with E-state index in [1.165, 1.54) is 11.3 Å². The van der Waals surface area contributed by atoms with Gasteiger partial charge in [-0.05, 0) is 86.5 Å². The van der Waals surface area contributed by atoms with Crippen LogP contribution in [0.3, 0.4) is 0 Å². The van der Waals surface area contributed by atoms with Gasteiger partial charge in [0, 0.05) is 55.6 Å². The van der Waals surface area contributed by atoms with Crippen LogP contribution in [0.5, 0.6) is 0 Å². The standard InChI is InChI=1S/C30H36F3N7O2/c31-30(32,33)10-6-25(41)38-17-7-21(8-18-38)24-3-1-16-40-26(24)36-28(37-40)35-23-5-4-22(19-23)27(42)39-15-2-9-29(20-39)11-13-34-14-12-29/h1,3-5,7,16,19,34,42H,2,6,8-15,17-18,20H2,(H,35,37)/b27-22+. The summed E-state index contributed by atoms with van der Waals surface area (Å²) in [6.45, 7) is 4.41. The number of alkyl halides is 3. The van der Waals surface area contributed by atoms with Gasteiger partial charge in [-0.15, -0.1) is 5.10 Å². The van der Waals surface area contributed by atoms with E-state index in [1.807, 2.05) is 36.4 Å². The Kier molecular flexibility index (Phi) is 7.73. The van der Waals surface area contributed by atoms with Crippen LogP contribution in [0, 0.1) is 5.41 Å². The molecule has 2 fully saturated rings. The second-order valence-corrected chi connectivity index (χ2v) is 11.7. The molecule has 2 aromatic heterocycles. The van der Waals surface area contributed by atoms with Gasteiger partial charge in [0.05, 0.1) is 6.42 Å². The molecule has 4 aliphatic rings. The minimum absolute atomic E-state index is 0.262. The van der Waals surface area contributed by atoms with E-state index >= 15 is 0 Å². The van der Waals surface area contributed by atoms with Gasteiger partial charge in [-0.1, -0.05) is 6.08 Å². The fraction of sp³-hybridized carbons (Fsp3) is 0.500. The van der Waals surface area contributed by atoms with E-state index in [9.17, 15) is 23.1 Å². The lowest BCUT2D eigenvalue weighted by Crippen LogP contribution is -2.48. The van der Waals surface area contributed by atoms with Gasteiger partial charge < -0.3 is 25.5 Å². The van der Waals surface area contributed by atoms with Gasteiger partial charge >= 0.3 is 6.18 Å². The summed E-state index contributed by atoms with van der Waals surface area (Å²) in [5, 5.41) is 22.4. The molecule has 0 atom stereocenters. The van der Waals surface area contributed by atoms with Gasteiger partial charge in [0.2, 0.25) is 11.9 Å². The molecule has 0 radical (unpaired) electrons. The summed E-state index contributed by atoms with van der Waals surface area (Å²) in [6, 6.07) is 3.80. The van der Waals surface area contributed by atoms with E-state index < -0.39 is 24.9 Å². The molecule has 1 aliphatic carbocycles. The van der Waals surface area contributed by atoms with Gasteiger partial charge in [0.1, 0.15) is 0 Å². The van der Waals surface area contributed by atoms with E-state index in [0.29, 0.717) is 30.4 Å². The molecule has 42 heavy (non-hydrogen) atoms. The quantitative estimate of drug-likeness (QED) is 0.421. The zero-order chi connectivity index (χ0) is 29.3. The van der Waals surface area contributed by atoms with Crippen LogP contribution in [0.4, 0.5) is 19.1 Å². The zero-order valence-electron chi connectivity index (χ0n) is 23.5. The average Bonchev–Trinajstić information content (AvgIpc) is 3.62. The van der Waals surface area contributed by atoms with Crippen LogP contribution in [-0.2, 0) is 4.79 Å². The zero-order valence-corrected chi connectivity index (χ0v) is 23.5. The predicted octanol–water partition coefficient (Wildman–Crippen LogP) is 4.79. The second kappa shape index (κ2) is 11.5. The van der Waals surface area contributed by atoms with Crippen LogP contribution in [-0.4, -0.2) is 80.9 Å². The van der Waals surface area contributed by atoms with Crippen molar-refractivity contribution >= 4 is 23.1 Å². The first-order valence-electron chi connectivity index (χ1n) is 14.6. The summed E-state index contributed by atoms with van der Waals surface area (Å²) in [5.41, 5.74) is 4.29. The van der Waals surface area contributed by atoms with Crippen LogP contribution >= 0.6 is 0 Å². The molecular formula is C30H36F3N7O2. The highest BCUT2D eigenvalue weighted by Gasteiger charge is 2.37. The molecule has 0 aromatic carbocycles. The molecular weight excluding hydrogens is 547 g/mol. The number of fused-ring (bicyclic) bond motifs is 1. The van der Waals surface area contributed by atoms with Crippen molar-refractivity contribution in [3.8, 4) is 0 Å². The summed E-state index contributed by atoms with van der Waals surface area (Å²) < 4.78 is 39.2. The molecule has 9 nitrogen and oxygen atoms in total. The first-order chi connectivity index (χ1) is 20.2. The van der Waals surface area contributed by atoms with Crippen molar-refractivity contribution in [1.29, 1.82) is 0 Å². The minimum Gasteiger partial charge on any atom is -0.494 e. The maximum absolute atomic E-state index is 12.5. The van der Waals surface area contributed by atoms with Crippen molar-refractivity contribution in [2.45, 2.75) is 51.1 Å². The molecule has 2 saturated heterocycles. The molecule has 5 heterocycles. The molecule has 1 spiro atoms. The Labute approximate surface area is 242 Å². The average molecular weight is 584 g/mol. The van der Waals surface area contributed by atoms with Crippen molar-refractivity contribution in [2.24, 2.45) is 5.41 Å². The number of pyridine rings is 1. The molecule has 0 saturated carbocycles. The number of likely N-dealkylation sites (tertiary alicyclic amines) is 1. The van der Waals surface area contributed by atoms with Crippen molar-refractivity contribution in [3.63, 3.8) is 0 Å². The van der Waals surface area contributed by atoms with Crippen LogP contribution in [0.2, 0.25) is 0 Å². The first-order valence-corrected chi connectivity index (χ1v) is 14.6. The smallest absolute Gasteiger partial charge is 0.389 e. The van der Waals surface area contributed by atoms with E-state index in [4.69, 9.17) is 4.98 Å². The number of aliphatic hydroxyl groups is 1. The molecule has 0 bridgehead atoms. The molecule has 6 rings (SSSR count). The van der Waals surface area contributed by atoms with Crippen LogP contribution in [0.25, 0.3) is 11.2 Å². The Bertz CT molecular complexity index is 1460. The number of carbonyl (C=O) groups excluding carboxylic acids is 1. The highest BCUT2D eigenvalue weighted by atomic mass is 19.4. The first kappa shape index (κ1) is 28.3. The number of aliphatic hydroxyl groups excluding tert-OH is 1. The Morgan fingerprint density at radius 3 is 2.74 bits per heavy atom. The highest BCUT2D eigenvalue weighted by molar-refractivity contribution is 5.81. The lowest BCUT2D eigenvalue weighted by molar-refractivity contribution is -0.148. The Balaban J connectivity index is 1.13. The largest absolute Gasteiger partial charge is 0.494 e. The van der Waals surface area contributed by atoms with Crippen LogP contribution < -0.4 is 10.6 Å². The third kappa shape index (κ3) is 6.18. The minimum atomic E-state index is -4.34. The molecule has 3 aliphatic heterocycles. The maximum Gasteiger partial charge on any atom is 0.389 e. The number of amides is 1. The second-order valence-electron chi connectivity index (χ2n) is 11.7. The number of carbonyl (C=O) groups is 1. The number of hydrogen-bond acceptors (Lipinski definition) is 7. The van der Waals surface area contributed by atoms with Crippen molar-refractivity contribution in [3.05, 3.63) is 65.4 Å². The highest BCUT2D eigenvalue weighted by Crippen LogP contribution is 2.39. The predicted molar refractivity (Wildman–Crippen MR) is 153 cm³/mol. The summed E-state index contributed by atoms with van der Waals surface area (Å²) in [7, 11) is 0. The van der Waals surface area contributed by atoms with Crippen molar-refractivity contribution in [1.82, 2.24) is 29.7 Å². The number of nitrogens with zero attached hydrogens (tertiary/aromatic N) is 5. The van der Waals surface area contributed by atoms with Gasteiger partial charge in [0.15, 0.2) is 11.5 Å². The molecule has 0 unspecified atom stereocenters. The fourth-order valence-electron chi connectivity index (χ4n) is 6.48. The SMILES string of the molecule is O=C(CCC(F)(F)F)N1CC=C(c2cccn3nc(NC4=C/C(=C(/O)N5CCCC6(CCNCC6)C5)C=C4)nc23)CC1. The van der Waals surface area contributed by atoms with Gasteiger partial charge in [-0.2, -0.15) is 18.2 Å². The maximum atomic E-state index is 12.5. The Hall–Kier alpha value is -3.80. The van der Waals surface area contributed by atoms with Gasteiger partial charge in [-0.25, -0.2) is 4.52 Å². The van der Waals surface area contributed by atoms with E-state index in [-0.39, 0.29) is 12.0 Å². The molecule has 2 aromatic rings. The molecule has 224 valence electrons. The summed E-state index contributed by atoms with van der Waals surface area (Å²) in [6.07, 6.45) is 8.49. The number of aromatic nitrogens is 3. The normalized spacial score (nSPS) is 22.0.